The van der Waals surface area contributed by atoms with Crippen LogP contribution in [0.2, 0.25) is 0 Å². The Morgan fingerprint density at radius 2 is 2.00 bits per heavy atom. The molecule has 3 rings (SSSR count). The van der Waals surface area contributed by atoms with Crippen molar-refractivity contribution in [3.8, 4) is 0 Å². The fourth-order valence-electron chi connectivity index (χ4n) is 2.22. The number of nitrogens with one attached hydrogen (secondary N) is 3. The molecule has 0 atom stereocenters. The predicted octanol–water partition coefficient (Wildman–Crippen LogP) is -0.228. The van der Waals surface area contributed by atoms with Gasteiger partial charge in [0.1, 0.15) is 12.4 Å². The molecule has 3 aromatic rings. The summed E-state index contributed by atoms with van der Waals surface area (Å²) in [7, 11) is 0. The number of aromatic amines is 2. The molecule has 0 aliphatic rings. The Bertz CT molecular complexity index is 920. The zero-order valence-electron chi connectivity index (χ0n) is 12.2. The second-order valence-electron chi connectivity index (χ2n) is 5.03. The first-order chi connectivity index (χ1) is 11.1. The number of hydrogen-bond donors (Lipinski definition) is 3. The van der Waals surface area contributed by atoms with Crippen LogP contribution in [0.5, 0.6) is 0 Å². The highest BCUT2D eigenvalue weighted by atomic mass is 16.2. The van der Waals surface area contributed by atoms with Gasteiger partial charge in [0.05, 0.1) is 11.0 Å². The molecule has 0 aliphatic carbocycles. The summed E-state index contributed by atoms with van der Waals surface area (Å²) in [5.74, 6) is 0.418. The van der Waals surface area contributed by atoms with Crippen molar-refractivity contribution in [1.82, 2.24) is 25.1 Å². The third-order valence-electron chi connectivity index (χ3n) is 3.31. The lowest BCUT2D eigenvalue weighted by Crippen LogP contribution is -2.36. The molecule has 0 saturated heterocycles. The van der Waals surface area contributed by atoms with Gasteiger partial charge in [0.2, 0.25) is 5.91 Å². The van der Waals surface area contributed by atoms with Crippen molar-refractivity contribution in [2.24, 2.45) is 0 Å². The highest BCUT2D eigenvalue weighted by molar-refractivity contribution is 5.76. The first-order valence-electron chi connectivity index (χ1n) is 7.12. The highest BCUT2D eigenvalue weighted by Gasteiger charge is 2.06. The van der Waals surface area contributed by atoms with Crippen molar-refractivity contribution in [1.29, 1.82) is 0 Å². The number of rotatable bonds is 5. The smallest absolute Gasteiger partial charge is 0.265 e. The van der Waals surface area contributed by atoms with Crippen LogP contribution in [0.15, 0.2) is 46.0 Å². The lowest BCUT2D eigenvalue weighted by atomic mass is 10.3. The van der Waals surface area contributed by atoms with E-state index in [0.717, 1.165) is 33.7 Å². The quantitative estimate of drug-likeness (QED) is 0.604. The maximum Gasteiger partial charge on any atom is 0.265 e. The Morgan fingerprint density at radius 3 is 2.83 bits per heavy atom. The molecule has 23 heavy (non-hydrogen) atoms. The van der Waals surface area contributed by atoms with Crippen molar-refractivity contribution in [3.63, 3.8) is 0 Å². The topological polar surface area (TPSA) is 113 Å². The molecule has 0 radical (unpaired) electrons. The molecule has 0 bridgehead atoms. The van der Waals surface area contributed by atoms with Crippen LogP contribution in [-0.4, -0.2) is 32.2 Å². The fourth-order valence-corrected chi connectivity index (χ4v) is 2.22. The summed E-state index contributed by atoms with van der Waals surface area (Å²) in [6.07, 6.45) is 0.542. The normalized spacial score (nSPS) is 10.8. The molecule has 0 aliphatic heterocycles. The molecule has 0 unspecified atom stereocenters. The highest BCUT2D eigenvalue weighted by Crippen LogP contribution is 2.10. The van der Waals surface area contributed by atoms with Crippen LogP contribution in [0.25, 0.3) is 11.0 Å². The second-order valence-corrected chi connectivity index (χ2v) is 5.03. The van der Waals surface area contributed by atoms with Gasteiger partial charge < -0.3 is 10.3 Å². The van der Waals surface area contributed by atoms with Gasteiger partial charge >= 0.3 is 0 Å². The largest absolute Gasteiger partial charge is 0.354 e. The van der Waals surface area contributed by atoms with E-state index in [2.05, 4.69) is 20.4 Å². The maximum atomic E-state index is 11.8. The maximum absolute atomic E-state index is 11.8. The van der Waals surface area contributed by atoms with Gasteiger partial charge in [0.25, 0.3) is 11.1 Å². The van der Waals surface area contributed by atoms with E-state index < -0.39 is 11.1 Å². The van der Waals surface area contributed by atoms with Crippen LogP contribution in [0, 0.1) is 0 Å². The first kappa shape index (κ1) is 14.8. The number of H-pyrrole nitrogens is 2. The van der Waals surface area contributed by atoms with Gasteiger partial charge in [0, 0.05) is 25.1 Å². The number of nitrogens with zero attached hydrogens (tertiary/aromatic N) is 2. The third-order valence-corrected chi connectivity index (χ3v) is 3.31. The van der Waals surface area contributed by atoms with Gasteiger partial charge in [-0.15, -0.1) is 0 Å². The van der Waals surface area contributed by atoms with Gasteiger partial charge in [-0.25, -0.2) is 9.67 Å². The van der Waals surface area contributed by atoms with Gasteiger partial charge in [0.15, 0.2) is 0 Å². The molecule has 2 heterocycles. The zero-order valence-corrected chi connectivity index (χ0v) is 12.2. The minimum Gasteiger partial charge on any atom is -0.354 e. The lowest BCUT2D eigenvalue weighted by Gasteiger charge is -2.06. The monoisotopic (exact) mass is 313 g/mol. The van der Waals surface area contributed by atoms with Crippen LogP contribution in [-0.2, 0) is 17.8 Å². The minimum absolute atomic E-state index is 0.227. The predicted molar refractivity (Wildman–Crippen MR) is 84.1 cm³/mol. The summed E-state index contributed by atoms with van der Waals surface area (Å²) in [6, 6.07) is 9.92. The molecule has 0 saturated carbocycles. The Labute approximate surface area is 130 Å². The van der Waals surface area contributed by atoms with Crippen molar-refractivity contribution in [2.75, 3.05) is 6.54 Å². The van der Waals surface area contributed by atoms with Gasteiger partial charge in [-0.2, -0.15) is 0 Å². The number of amides is 1. The number of imidazole rings is 1. The fraction of sp³-hybridized carbons (Fsp3) is 0.200. The Kier molecular flexibility index (Phi) is 4.05. The van der Waals surface area contributed by atoms with Crippen LogP contribution in [0.3, 0.4) is 0 Å². The van der Waals surface area contributed by atoms with E-state index in [1.54, 1.807) is 0 Å². The van der Waals surface area contributed by atoms with Crippen molar-refractivity contribution < 1.29 is 4.79 Å². The van der Waals surface area contributed by atoms with E-state index in [1.165, 1.54) is 0 Å². The molecule has 8 heteroatoms. The van der Waals surface area contributed by atoms with Crippen molar-refractivity contribution in [2.45, 2.75) is 13.0 Å². The summed E-state index contributed by atoms with van der Waals surface area (Å²) in [5, 5.41) is 4.99. The number of carbonyl (C=O) groups excluding carboxylic acids is 1. The average Bonchev–Trinajstić information content (AvgIpc) is 2.93. The van der Waals surface area contributed by atoms with E-state index in [9.17, 15) is 14.4 Å². The molecular formula is C15H15N5O3. The molecule has 2 aromatic heterocycles. The average molecular weight is 313 g/mol. The number of carbonyl (C=O) groups is 1. The van der Waals surface area contributed by atoms with E-state index in [4.69, 9.17) is 0 Å². The number of para-hydroxylation sites is 2. The number of fused-ring (bicyclic) bond motifs is 1. The Hall–Kier alpha value is -3.16. The summed E-state index contributed by atoms with van der Waals surface area (Å²) < 4.78 is 0.971. The van der Waals surface area contributed by atoms with Gasteiger partial charge in [-0.05, 0) is 12.1 Å². The van der Waals surface area contributed by atoms with Crippen molar-refractivity contribution >= 4 is 16.9 Å². The van der Waals surface area contributed by atoms with E-state index in [0.29, 0.717) is 13.0 Å². The molecule has 1 amide bonds. The number of aromatic nitrogens is 4. The van der Waals surface area contributed by atoms with Gasteiger partial charge in [-0.1, -0.05) is 12.1 Å². The summed E-state index contributed by atoms with van der Waals surface area (Å²) in [4.78, 5) is 42.0. The lowest BCUT2D eigenvalue weighted by molar-refractivity contribution is -0.121. The summed E-state index contributed by atoms with van der Waals surface area (Å²) >= 11 is 0. The van der Waals surface area contributed by atoms with Crippen LogP contribution >= 0.6 is 0 Å². The first-order valence-corrected chi connectivity index (χ1v) is 7.12. The number of benzene rings is 1. The molecule has 118 valence electrons. The van der Waals surface area contributed by atoms with Crippen molar-refractivity contribution in [3.05, 3.63) is 62.9 Å². The van der Waals surface area contributed by atoms with Crippen LogP contribution < -0.4 is 16.4 Å². The third kappa shape index (κ3) is 3.54. The molecule has 8 nitrogen and oxygen atoms in total. The van der Waals surface area contributed by atoms with Crippen LogP contribution in [0.1, 0.15) is 5.82 Å². The molecular weight excluding hydrogens is 298 g/mol. The molecule has 0 fully saturated rings. The summed E-state index contributed by atoms with van der Waals surface area (Å²) in [6.45, 7) is 0.152. The number of hydrogen-bond acceptors (Lipinski definition) is 4. The second kappa shape index (κ2) is 6.30. The SMILES string of the molecule is O=C(Cn1[nH]c(=O)ccc1=O)NCCc1nc2ccccc2[nH]1. The van der Waals surface area contributed by atoms with E-state index in [-0.39, 0.29) is 12.5 Å². The van der Waals surface area contributed by atoms with E-state index in [1.807, 2.05) is 24.3 Å². The minimum atomic E-state index is -0.433. The standard InChI is InChI=1S/C15H15N5O3/c21-13-5-6-15(23)20(19-13)9-14(22)16-8-7-12-17-10-3-1-2-4-11(10)18-12/h1-6H,7-9H2,(H,16,22)(H,17,18)(H,19,21). The zero-order chi connectivity index (χ0) is 16.2. The molecule has 0 spiro atoms. The molecule has 1 aromatic carbocycles. The Balaban J connectivity index is 1.55. The summed E-state index contributed by atoms with van der Waals surface area (Å²) in [5.41, 5.74) is 0.959. The van der Waals surface area contributed by atoms with Gasteiger partial charge in [-0.3, -0.25) is 19.5 Å². The van der Waals surface area contributed by atoms with E-state index >= 15 is 0 Å². The Morgan fingerprint density at radius 1 is 1.17 bits per heavy atom. The molecule has 3 N–H and O–H groups in total. The van der Waals surface area contributed by atoms with Crippen LogP contribution in [0.4, 0.5) is 0 Å².